The maximum absolute atomic E-state index is 12.4. The molecule has 2 N–H and O–H groups in total. The van der Waals surface area contributed by atoms with Crippen molar-refractivity contribution < 1.29 is 14.3 Å². The van der Waals surface area contributed by atoms with Gasteiger partial charge in [0.25, 0.3) is 0 Å². The Labute approximate surface area is 132 Å². The van der Waals surface area contributed by atoms with Crippen molar-refractivity contribution in [2.24, 2.45) is 5.92 Å². The summed E-state index contributed by atoms with van der Waals surface area (Å²) in [5.41, 5.74) is 1.02. The number of nitrogens with one attached hydrogen (secondary N) is 2. The van der Waals surface area contributed by atoms with E-state index < -0.39 is 12.1 Å². The lowest BCUT2D eigenvalue weighted by molar-refractivity contribution is -0.124. The van der Waals surface area contributed by atoms with E-state index in [9.17, 15) is 9.59 Å². The number of amides is 2. The number of rotatable bonds is 7. The molecular weight excluding hydrogens is 280 g/mol. The van der Waals surface area contributed by atoms with Crippen molar-refractivity contribution in [3.8, 4) is 0 Å². The van der Waals surface area contributed by atoms with E-state index in [1.165, 1.54) is 0 Å². The van der Waals surface area contributed by atoms with Gasteiger partial charge in [-0.1, -0.05) is 44.2 Å². The summed E-state index contributed by atoms with van der Waals surface area (Å²) < 4.78 is 4.86. The lowest BCUT2D eigenvalue weighted by atomic mass is 10.0. The fourth-order valence-corrected chi connectivity index (χ4v) is 2.16. The maximum Gasteiger partial charge on any atom is 0.407 e. The molecule has 22 heavy (non-hydrogen) atoms. The van der Waals surface area contributed by atoms with Crippen LogP contribution >= 0.6 is 0 Å². The molecule has 0 saturated carbocycles. The van der Waals surface area contributed by atoms with Gasteiger partial charge in [0.15, 0.2) is 0 Å². The fraction of sp³-hybridized carbons (Fsp3) is 0.529. The summed E-state index contributed by atoms with van der Waals surface area (Å²) in [7, 11) is 0. The molecule has 0 aliphatic heterocycles. The Balaban J connectivity index is 2.68. The quantitative estimate of drug-likeness (QED) is 0.813. The van der Waals surface area contributed by atoms with Gasteiger partial charge in [-0.25, -0.2) is 4.79 Å². The lowest BCUT2D eigenvalue weighted by Crippen LogP contribution is -2.48. The van der Waals surface area contributed by atoms with Gasteiger partial charge in [0.1, 0.15) is 6.04 Å². The van der Waals surface area contributed by atoms with Gasteiger partial charge < -0.3 is 15.4 Å². The Kier molecular flexibility index (Phi) is 7.43. The molecule has 0 aromatic heterocycles. The highest BCUT2D eigenvalue weighted by atomic mass is 16.5. The number of carbonyl (C=O) groups excluding carboxylic acids is 2. The molecule has 1 aromatic carbocycles. The average molecular weight is 306 g/mol. The molecule has 0 fully saturated rings. The van der Waals surface area contributed by atoms with E-state index >= 15 is 0 Å². The summed E-state index contributed by atoms with van der Waals surface area (Å²) in [6.07, 6.45) is 0.00209. The van der Waals surface area contributed by atoms with Crippen LogP contribution in [0.4, 0.5) is 4.79 Å². The van der Waals surface area contributed by atoms with E-state index in [1.807, 2.05) is 51.1 Å². The molecule has 1 rings (SSSR count). The van der Waals surface area contributed by atoms with Gasteiger partial charge >= 0.3 is 6.09 Å². The lowest BCUT2D eigenvalue weighted by Gasteiger charge is -2.22. The normalized spacial score (nSPS) is 13.3. The number of alkyl carbamates (subject to hydrolysis) is 1. The zero-order chi connectivity index (χ0) is 16.5. The highest BCUT2D eigenvalue weighted by Gasteiger charge is 2.23. The van der Waals surface area contributed by atoms with Crippen molar-refractivity contribution in [1.29, 1.82) is 0 Å². The van der Waals surface area contributed by atoms with Crippen molar-refractivity contribution in [2.75, 3.05) is 6.61 Å². The third-order valence-electron chi connectivity index (χ3n) is 3.25. The molecule has 0 bridgehead atoms. The molecular formula is C17H26N2O3. The molecule has 122 valence electrons. The second kappa shape index (κ2) is 9.07. The first-order valence-electron chi connectivity index (χ1n) is 7.72. The Bertz CT molecular complexity index is 474. The predicted octanol–water partition coefficient (Wildman–Crippen LogP) is 3.02. The van der Waals surface area contributed by atoms with Gasteiger partial charge in [0.05, 0.1) is 12.6 Å². The van der Waals surface area contributed by atoms with Crippen LogP contribution in [-0.4, -0.2) is 24.6 Å². The van der Waals surface area contributed by atoms with Crippen molar-refractivity contribution in [2.45, 2.75) is 46.2 Å². The molecule has 0 heterocycles. The molecule has 0 saturated heterocycles. The Morgan fingerprint density at radius 3 is 2.27 bits per heavy atom. The molecule has 0 aliphatic carbocycles. The first-order chi connectivity index (χ1) is 10.4. The topological polar surface area (TPSA) is 67.4 Å². The van der Waals surface area contributed by atoms with Crippen LogP contribution in [0.2, 0.25) is 0 Å². The van der Waals surface area contributed by atoms with E-state index in [4.69, 9.17) is 4.74 Å². The summed E-state index contributed by atoms with van der Waals surface area (Å²) in [5, 5.41) is 5.57. The van der Waals surface area contributed by atoms with Crippen LogP contribution in [0.15, 0.2) is 30.3 Å². The maximum atomic E-state index is 12.4. The van der Waals surface area contributed by atoms with Gasteiger partial charge in [-0.15, -0.1) is 0 Å². The first kappa shape index (κ1) is 18.0. The van der Waals surface area contributed by atoms with Crippen molar-refractivity contribution in [1.82, 2.24) is 10.6 Å². The number of hydrogen-bond donors (Lipinski definition) is 2. The zero-order valence-electron chi connectivity index (χ0n) is 13.8. The SMILES string of the molecule is CCOC(=O)N[C@H](CC(C)C)C(=O)N[C@H](C)c1ccccc1. The van der Waals surface area contributed by atoms with Crippen molar-refractivity contribution >= 4 is 12.0 Å². The van der Waals surface area contributed by atoms with Crippen LogP contribution in [-0.2, 0) is 9.53 Å². The minimum Gasteiger partial charge on any atom is -0.450 e. The summed E-state index contributed by atoms with van der Waals surface area (Å²) in [5.74, 6) is 0.0859. The summed E-state index contributed by atoms with van der Waals surface area (Å²) >= 11 is 0. The number of benzene rings is 1. The molecule has 5 heteroatoms. The highest BCUT2D eigenvalue weighted by Crippen LogP contribution is 2.13. The number of hydrogen-bond acceptors (Lipinski definition) is 3. The van der Waals surface area contributed by atoms with Crippen molar-refractivity contribution in [3.05, 3.63) is 35.9 Å². The average Bonchev–Trinajstić information content (AvgIpc) is 2.47. The molecule has 0 aliphatic rings. The molecule has 0 radical (unpaired) electrons. The minimum absolute atomic E-state index is 0.118. The monoisotopic (exact) mass is 306 g/mol. The summed E-state index contributed by atoms with van der Waals surface area (Å²) in [6, 6.07) is 9.00. The van der Waals surface area contributed by atoms with Crippen LogP contribution < -0.4 is 10.6 Å². The Morgan fingerprint density at radius 2 is 1.73 bits per heavy atom. The first-order valence-corrected chi connectivity index (χ1v) is 7.72. The van der Waals surface area contributed by atoms with Crippen LogP contribution in [0.1, 0.15) is 45.7 Å². The minimum atomic E-state index is -0.592. The van der Waals surface area contributed by atoms with Crippen LogP contribution in [0.25, 0.3) is 0 Å². The second-order valence-electron chi connectivity index (χ2n) is 5.69. The Morgan fingerprint density at radius 1 is 1.09 bits per heavy atom. The second-order valence-corrected chi connectivity index (χ2v) is 5.69. The molecule has 1 aromatic rings. The smallest absolute Gasteiger partial charge is 0.407 e. The largest absolute Gasteiger partial charge is 0.450 e. The van der Waals surface area contributed by atoms with Gasteiger partial charge in [0.2, 0.25) is 5.91 Å². The number of carbonyl (C=O) groups is 2. The van der Waals surface area contributed by atoms with Crippen LogP contribution in [0.5, 0.6) is 0 Å². The molecule has 0 unspecified atom stereocenters. The Hall–Kier alpha value is -2.04. The number of ether oxygens (including phenoxy) is 1. The molecule has 5 nitrogen and oxygen atoms in total. The zero-order valence-corrected chi connectivity index (χ0v) is 13.8. The van der Waals surface area contributed by atoms with E-state index in [1.54, 1.807) is 6.92 Å². The van der Waals surface area contributed by atoms with Gasteiger partial charge in [0, 0.05) is 0 Å². The summed E-state index contributed by atoms with van der Waals surface area (Å²) in [4.78, 5) is 24.0. The standard InChI is InChI=1S/C17H26N2O3/c1-5-22-17(21)19-15(11-12(2)3)16(20)18-13(4)14-9-7-6-8-10-14/h6-10,12-13,15H,5,11H2,1-4H3,(H,18,20)(H,19,21)/t13-,15-/m1/s1. The van der Waals surface area contributed by atoms with E-state index in [2.05, 4.69) is 10.6 Å². The van der Waals surface area contributed by atoms with E-state index in [0.29, 0.717) is 6.42 Å². The van der Waals surface area contributed by atoms with E-state index in [0.717, 1.165) is 5.56 Å². The fourth-order valence-electron chi connectivity index (χ4n) is 2.16. The molecule has 0 spiro atoms. The third-order valence-corrected chi connectivity index (χ3v) is 3.25. The van der Waals surface area contributed by atoms with Crippen LogP contribution in [0.3, 0.4) is 0 Å². The van der Waals surface area contributed by atoms with Gasteiger partial charge in [-0.3, -0.25) is 4.79 Å². The molecule has 2 amide bonds. The molecule has 2 atom stereocenters. The highest BCUT2D eigenvalue weighted by molar-refractivity contribution is 5.85. The van der Waals surface area contributed by atoms with Crippen LogP contribution in [0, 0.1) is 5.92 Å². The third kappa shape index (κ3) is 6.16. The van der Waals surface area contributed by atoms with E-state index in [-0.39, 0.29) is 24.5 Å². The summed E-state index contributed by atoms with van der Waals surface area (Å²) in [6.45, 7) is 7.95. The predicted molar refractivity (Wildman–Crippen MR) is 86.4 cm³/mol. The van der Waals surface area contributed by atoms with Crippen molar-refractivity contribution in [3.63, 3.8) is 0 Å². The van der Waals surface area contributed by atoms with Gasteiger partial charge in [-0.05, 0) is 31.7 Å². The van der Waals surface area contributed by atoms with Gasteiger partial charge in [-0.2, -0.15) is 0 Å².